The van der Waals surface area contributed by atoms with Gasteiger partial charge in [0.2, 0.25) is 0 Å². The monoisotopic (exact) mass is 426 g/mol. The first-order valence-corrected chi connectivity index (χ1v) is 10.1. The maximum atomic E-state index is 12.3. The Balaban J connectivity index is 1.27. The van der Waals surface area contributed by atoms with Crippen LogP contribution in [-0.2, 0) is 9.59 Å². The SMILES string of the molecule is O=C(COc1ccccc1)Nc1cccc(NC(=O)COc2ccc3ccccc3c2)c1. The van der Waals surface area contributed by atoms with E-state index in [1.54, 1.807) is 36.4 Å². The summed E-state index contributed by atoms with van der Waals surface area (Å²) >= 11 is 0. The van der Waals surface area contributed by atoms with Crippen LogP contribution in [0.4, 0.5) is 11.4 Å². The Morgan fingerprint density at radius 2 is 1.16 bits per heavy atom. The Kier molecular flexibility index (Phi) is 6.63. The first-order chi connectivity index (χ1) is 15.7. The second-order valence-electron chi connectivity index (χ2n) is 7.08. The lowest BCUT2D eigenvalue weighted by Gasteiger charge is -2.11. The summed E-state index contributed by atoms with van der Waals surface area (Å²) in [6, 6.07) is 29.6. The third-order valence-corrected chi connectivity index (χ3v) is 4.63. The molecule has 0 radical (unpaired) electrons. The van der Waals surface area contributed by atoms with E-state index in [1.807, 2.05) is 60.7 Å². The van der Waals surface area contributed by atoms with Crippen LogP contribution < -0.4 is 20.1 Å². The molecule has 0 aliphatic heterocycles. The summed E-state index contributed by atoms with van der Waals surface area (Å²) in [7, 11) is 0. The van der Waals surface area contributed by atoms with Crippen LogP contribution >= 0.6 is 0 Å². The van der Waals surface area contributed by atoms with Gasteiger partial charge in [-0.15, -0.1) is 0 Å². The van der Waals surface area contributed by atoms with E-state index in [0.717, 1.165) is 10.8 Å². The highest BCUT2D eigenvalue weighted by Crippen LogP contribution is 2.21. The summed E-state index contributed by atoms with van der Waals surface area (Å²) in [5.74, 6) is 0.652. The van der Waals surface area contributed by atoms with E-state index >= 15 is 0 Å². The fourth-order valence-electron chi connectivity index (χ4n) is 3.14. The van der Waals surface area contributed by atoms with Gasteiger partial charge >= 0.3 is 0 Å². The zero-order valence-corrected chi connectivity index (χ0v) is 17.3. The second-order valence-corrected chi connectivity index (χ2v) is 7.08. The molecule has 0 fully saturated rings. The van der Waals surface area contributed by atoms with Gasteiger partial charge in [0.25, 0.3) is 11.8 Å². The minimum atomic E-state index is -0.297. The highest BCUT2D eigenvalue weighted by atomic mass is 16.5. The van der Waals surface area contributed by atoms with Gasteiger partial charge in [-0.1, -0.05) is 54.6 Å². The van der Waals surface area contributed by atoms with Gasteiger partial charge in [-0.25, -0.2) is 0 Å². The van der Waals surface area contributed by atoms with Crippen molar-refractivity contribution in [3.63, 3.8) is 0 Å². The first kappa shape index (κ1) is 20.9. The number of anilines is 2. The molecule has 6 heteroatoms. The minimum Gasteiger partial charge on any atom is -0.484 e. The van der Waals surface area contributed by atoms with Gasteiger partial charge in [0.1, 0.15) is 11.5 Å². The van der Waals surface area contributed by atoms with Crippen LogP contribution in [0.1, 0.15) is 0 Å². The smallest absolute Gasteiger partial charge is 0.262 e. The first-order valence-electron chi connectivity index (χ1n) is 10.1. The van der Waals surface area contributed by atoms with Gasteiger partial charge in [-0.3, -0.25) is 9.59 Å². The van der Waals surface area contributed by atoms with Crippen LogP contribution in [0.25, 0.3) is 10.8 Å². The molecule has 0 aliphatic rings. The number of para-hydroxylation sites is 1. The molecule has 4 aromatic rings. The van der Waals surface area contributed by atoms with Crippen molar-refractivity contribution in [3.8, 4) is 11.5 Å². The van der Waals surface area contributed by atoms with Gasteiger partial charge < -0.3 is 20.1 Å². The molecule has 0 spiro atoms. The van der Waals surface area contributed by atoms with E-state index in [4.69, 9.17) is 9.47 Å². The highest BCUT2D eigenvalue weighted by Gasteiger charge is 2.07. The third-order valence-electron chi connectivity index (χ3n) is 4.63. The predicted molar refractivity (Wildman–Crippen MR) is 125 cm³/mol. The predicted octanol–water partition coefficient (Wildman–Crippen LogP) is 4.87. The molecule has 0 atom stereocenters. The summed E-state index contributed by atoms with van der Waals surface area (Å²) < 4.78 is 11.1. The van der Waals surface area contributed by atoms with Crippen LogP contribution in [0.2, 0.25) is 0 Å². The van der Waals surface area contributed by atoms with E-state index in [0.29, 0.717) is 22.9 Å². The summed E-state index contributed by atoms with van der Waals surface area (Å²) in [6.45, 7) is -0.236. The molecule has 0 aromatic heterocycles. The van der Waals surface area contributed by atoms with Crippen molar-refractivity contribution in [1.29, 1.82) is 0 Å². The number of carbonyl (C=O) groups is 2. The third kappa shape index (κ3) is 5.86. The summed E-state index contributed by atoms with van der Waals surface area (Å²) in [4.78, 5) is 24.4. The van der Waals surface area contributed by atoms with Crippen LogP contribution in [0.5, 0.6) is 11.5 Å². The Morgan fingerprint density at radius 1 is 0.562 bits per heavy atom. The lowest BCUT2D eigenvalue weighted by atomic mass is 10.1. The number of benzene rings is 4. The van der Waals surface area contributed by atoms with E-state index in [-0.39, 0.29) is 25.0 Å². The number of nitrogens with one attached hydrogen (secondary N) is 2. The Labute approximate surface area is 185 Å². The molecular formula is C26H22N2O4. The van der Waals surface area contributed by atoms with Crippen molar-refractivity contribution in [1.82, 2.24) is 0 Å². The Morgan fingerprint density at radius 3 is 1.84 bits per heavy atom. The van der Waals surface area contributed by atoms with Gasteiger partial charge in [0.15, 0.2) is 13.2 Å². The highest BCUT2D eigenvalue weighted by molar-refractivity contribution is 5.95. The number of rotatable bonds is 8. The molecule has 4 aromatic carbocycles. The van der Waals surface area contributed by atoms with Crippen LogP contribution in [-0.4, -0.2) is 25.0 Å². The van der Waals surface area contributed by atoms with Gasteiger partial charge in [0.05, 0.1) is 0 Å². The zero-order valence-electron chi connectivity index (χ0n) is 17.3. The number of carbonyl (C=O) groups excluding carboxylic acids is 2. The lowest BCUT2D eigenvalue weighted by molar-refractivity contribution is -0.118. The number of hydrogen-bond donors (Lipinski definition) is 2. The van der Waals surface area contributed by atoms with Crippen molar-refractivity contribution < 1.29 is 19.1 Å². The molecule has 0 bridgehead atoms. The van der Waals surface area contributed by atoms with Crippen LogP contribution in [0, 0.1) is 0 Å². The number of hydrogen-bond acceptors (Lipinski definition) is 4. The average Bonchev–Trinajstić information content (AvgIpc) is 2.82. The van der Waals surface area contributed by atoms with Crippen LogP contribution in [0.3, 0.4) is 0 Å². The maximum Gasteiger partial charge on any atom is 0.262 e. The summed E-state index contributed by atoms with van der Waals surface area (Å²) in [6.07, 6.45) is 0. The van der Waals surface area contributed by atoms with Gasteiger partial charge in [0, 0.05) is 11.4 Å². The summed E-state index contributed by atoms with van der Waals surface area (Å²) in [5.41, 5.74) is 1.11. The molecule has 4 rings (SSSR count). The molecule has 32 heavy (non-hydrogen) atoms. The van der Waals surface area contributed by atoms with Crippen molar-refractivity contribution >= 4 is 34.0 Å². The molecule has 2 amide bonds. The van der Waals surface area contributed by atoms with E-state index in [1.165, 1.54) is 0 Å². The second kappa shape index (κ2) is 10.1. The minimum absolute atomic E-state index is 0.111. The Bertz CT molecular complexity index is 1220. The standard InChI is InChI=1S/C26H22N2O4/c29-25(17-31-23-11-2-1-3-12-23)27-21-9-6-10-22(16-21)28-26(30)18-32-24-14-13-19-7-4-5-8-20(19)15-24/h1-16H,17-18H2,(H,27,29)(H,28,30). The lowest BCUT2D eigenvalue weighted by Crippen LogP contribution is -2.21. The molecule has 0 saturated heterocycles. The van der Waals surface area contributed by atoms with Gasteiger partial charge in [-0.05, 0) is 53.2 Å². The molecular weight excluding hydrogens is 404 g/mol. The molecule has 160 valence electrons. The zero-order chi connectivity index (χ0) is 22.2. The number of amides is 2. The van der Waals surface area contributed by atoms with Crippen molar-refractivity contribution in [3.05, 3.63) is 97.1 Å². The largest absolute Gasteiger partial charge is 0.484 e. The van der Waals surface area contributed by atoms with E-state index < -0.39 is 0 Å². The van der Waals surface area contributed by atoms with E-state index in [2.05, 4.69) is 10.6 Å². The number of fused-ring (bicyclic) bond motifs is 1. The van der Waals surface area contributed by atoms with Crippen molar-refractivity contribution in [2.24, 2.45) is 0 Å². The van der Waals surface area contributed by atoms with Gasteiger partial charge in [-0.2, -0.15) is 0 Å². The molecule has 0 heterocycles. The molecule has 2 N–H and O–H groups in total. The quantitative estimate of drug-likeness (QED) is 0.421. The topological polar surface area (TPSA) is 76.7 Å². The fraction of sp³-hybridized carbons (Fsp3) is 0.0769. The number of ether oxygens (including phenoxy) is 2. The maximum absolute atomic E-state index is 12.3. The van der Waals surface area contributed by atoms with E-state index in [9.17, 15) is 9.59 Å². The Hall–Kier alpha value is -4.32. The van der Waals surface area contributed by atoms with Crippen molar-refractivity contribution in [2.75, 3.05) is 23.8 Å². The molecule has 0 aliphatic carbocycles. The van der Waals surface area contributed by atoms with Crippen LogP contribution in [0.15, 0.2) is 97.1 Å². The summed E-state index contributed by atoms with van der Waals surface area (Å²) in [5, 5.41) is 7.68. The van der Waals surface area contributed by atoms with Crippen molar-refractivity contribution in [2.45, 2.75) is 0 Å². The molecule has 0 saturated carbocycles. The normalized spacial score (nSPS) is 10.4. The molecule has 0 unspecified atom stereocenters. The average molecular weight is 426 g/mol. The fourth-order valence-corrected chi connectivity index (χ4v) is 3.14. The molecule has 6 nitrogen and oxygen atoms in total.